The van der Waals surface area contributed by atoms with Crippen molar-refractivity contribution in [1.29, 1.82) is 0 Å². The molecule has 0 saturated heterocycles. The lowest BCUT2D eigenvalue weighted by molar-refractivity contribution is 0.409. The zero-order valence-electron chi connectivity index (χ0n) is 20.8. The summed E-state index contributed by atoms with van der Waals surface area (Å²) >= 11 is 1.63. The number of thioether (sulfide) groups is 1. The number of benzene rings is 2. The van der Waals surface area contributed by atoms with Crippen molar-refractivity contribution in [2.45, 2.75) is 57.3 Å². The number of hydrogen-bond donors (Lipinski definition) is 2. The topological polar surface area (TPSA) is 83.6 Å². The summed E-state index contributed by atoms with van der Waals surface area (Å²) in [5, 5.41) is 21.2. The Bertz CT molecular complexity index is 960. The van der Waals surface area contributed by atoms with Crippen LogP contribution in [0.1, 0.15) is 62.6 Å². The summed E-state index contributed by atoms with van der Waals surface area (Å²) in [7, 11) is 3.25. The number of hydrogen-bond acceptors (Lipinski definition) is 7. The first-order valence-corrected chi connectivity index (χ1v) is 13.0. The molecular formula is C27H38N2O4S. The Labute approximate surface area is 208 Å². The minimum Gasteiger partial charge on any atom is -0.507 e. The molecular weight excluding hydrogens is 448 g/mol. The predicted octanol–water partition coefficient (Wildman–Crippen LogP) is 6.28. The van der Waals surface area contributed by atoms with Crippen LogP contribution >= 0.6 is 11.8 Å². The highest BCUT2D eigenvalue weighted by Gasteiger charge is 2.10. The van der Waals surface area contributed by atoms with Crippen molar-refractivity contribution in [3.63, 3.8) is 0 Å². The number of phenols is 2. The molecule has 2 N–H and O–H groups in total. The molecule has 0 aliphatic heterocycles. The van der Waals surface area contributed by atoms with Crippen molar-refractivity contribution >= 4 is 24.2 Å². The normalized spacial score (nSPS) is 11.5. The third-order valence-electron chi connectivity index (χ3n) is 5.33. The molecule has 0 amide bonds. The van der Waals surface area contributed by atoms with Crippen molar-refractivity contribution in [1.82, 2.24) is 0 Å². The third kappa shape index (κ3) is 8.60. The van der Waals surface area contributed by atoms with Crippen LogP contribution in [0.15, 0.2) is 39.1 Å². The molecule has 7 heteroatoms. The Morgan fingerprint density at radius 1 is 0.794 bits per heavy atom. The monoisotopic (exact) mass is 486 g/mol. The van der Waals surface area contributed by atoms with E-state index in [4.69, 9.17) is 9.47 Å². The van der Waals surface area contributed by atoms with E-state index in [-0.39, 0.29) is 11.5 Å². The molecule has 186 valence electrons. The molecule has 0 aliphatic rings. The Kier molecular flexibility index (Phi) is 12.4. The maximum Gasteiger partial charge on any atom is 0.138 e. The Balaban J connectivity index is 1.95. The minimum absolute atomic E-state index is 0.246. The lowest BCUT2D eigenvalue weighted by Gasteiger charge is -2.10. The fourth-order valence-corrected chi connectivity index (χ4v) is 4.40. The van der Waals surface area contributed by atoms with Crippen molar-refractivity contribution < 1.29 is 19.7 Å². The van der Waals surface area contributed by atoms with Gasteiger partial charge in [0.15, 0.2) is 0 Å². The zero-order valence-corrected chi connectivity index (χ0v) is 21.7. The number of unbranched alkanes of at least 4 members (excludes halogenated alkanes) is 2. The summed E-state index contributed by atoms with van der Waals surface area (Å²) in [4.78, 5) is 9.73. The van der Waals surface area contributed by atoms with E-state index in [0.717, 1.165) is 60.5 Å². The molecule has 2 aromatic carbocycles. The van der Waals surface area contributed by atoms with Crippen molar-refractivity contribution in [2.24, 2.45) is 9.98 Å². The first kappa shape index (κ1) is 27.6. The van der Waals surface area contributed by atoms with Crippen LogP contribution in [-0.2, 0) is 6.42 Å². The van der Waals surface area contributed by atoms with Crippen LogP contribution in [0.25, 0.3) is 0 Å². The molecule has 0 radical (unpaired) electrons. The van der Waals surface area contributed by atoms with E-state index in [9.17, 15) is 10.2 Å². The van der Waals surface area contributed by atoms with Crippen molar-refractivity contribution in [3.05, 3.63) is 41.0 Å². The van der Waals surface area contributed by atoms with Gasteiger partial charge in [0.2, 0.25) is 0 Å². The quantitative estimate of drug-likeness (QED) is 0.176. The van der Waals surface area contributed by atoms with Gasteiger partial charge >= 0.3 is 0 Å². The largest absolute Gasteiger partial charge is 0.507 e. The SMILES string of the molecule is CCCCSc1cc(OC)cc(/C=N/CCC/N=C/c2cc(OC)cc(CCCC)c2O)c1O. The minimum atomic E-state index is 0.246. The van der Waals surface area contributed by atoms with Crippen LogP contribution < -0.4 is 9.47 Å². The van der Waals surface area contributed by atoms with E-state index in [1.54, 1.807) is 50.5 Å². The highest BCUT2D eigenvalue weighted by molar-refractivity contribution is 7.99. The molecule has 0 bridgehead atoms. The summed E-state index contributed by atoms with van der Waals surface area (Å²) in [6.45, 7) is 5.44. The number of rotatable bonds is 15. The Hall–Kier alpha value is -2.67. The number of aryl methyl sites for hydroxylation is 1. The van der Waals surface area contributed by atoms with Gasteiger partial charge in [0, 0.05) is 36.6 Å². The zero-order chi connectivity index (χ0) is 24.8. The van der Waals surface area contributed by atoms with Gasteiger partial charge in [-0.1, -0.05) is 26.7 Å². The first-order valence-electron chi connectivity index (χ1n) is 12.0. The second-order valence-corrected chi connectivity index (χ2v) is 9.15. The number of phenolic OH excluding ortho intramolecular Hbond substituents is 2. The van der Waals surface area contributed by atoms with E-state index in [0.29, 0.717) is 30.0 Å². The molecule has 0 spiro atoms. The number of nitrogens with zero attached hydrogens (tertiary/aromatic N) is 2. The van der Waals surface area contributed by atoms with Gasteiger partial charge in [-0.2, -0.15) is 0 Å². The number of aliphatic imine (C=N–C) groups is 2. The average molecular weight is 487 g/mol. The summed E-state index contributed by atoms with van der Waals surface area (Å²) in [5.41, 5.74) is 2.21. The van der Waals surface area contributed by atoms with Gasteiger partial charge in [-0.15, -0.1) is 11.8 Å². The van der Waals surface area contributed by atoms with Crippen LogP contribution in [0.4, 0.5) is 0 Å². The van der Waals surface area contributed by atoms with Gasteiger partial charge in [-0.3, -0.25) is 9.98 Å². The molecule has 0 atom stereocenters. The predicted molar refractivity (Wildman–Crippen MR) is 143 cm³/mol. The number of ether oxygens (including phenoxy) is 2. The van der Waals surface area contributed by atoms with Gasteiger partial charge in [-0.25, -0.2) is 0 Å². The molecule has 0 unspecified atom stereocenters. The molecule has 0 fully saturated rings. The van der Waals surface area contributed by atoms with E-state index in [1.165, 1.54) is 0 Å². The van der Waals surface area contributed by atoms with E-state index >= 15 is 0 Å². The Morgan fingerprint density at radius 2 is 1.38 bits per heavy atom. The number of aromatic hydroxyl groups is 2. The molecule has 0 aromatic heterocycles. The summed E-state index contributed by atoms with van der Waals surface area (Å²) < 4.78 is 10.8. The van der Waals surface area contributed by atoms with Crippen LogP contribution in [0.3, 0.4) is 0 Å². The van der Waals surface area contributed by atoms with Crippen LogP contribution in [0.2, 0.25) is 0 Å². The molecule has 0 saturated carbocycles. The highest BCUT2D eigenvalue weighted by atomic mass is 32.2. The standard InChI is InChI=1S/C27H38N2O4S/c1-5-7-10-20-14-23(32-3)15-21(26(20)30)18-28-11-9-12-29-19-22-16-24(33-4)17-25(27(22)31)34-13-8-6-2/h14-19,30-31H,5-13H2,1-4H3/b28-18+,29-19+. The van der Waals surface area contributed by atoms with Crippen molar-refractivity contribution in [3.8, 4) is 23.0 Å². The summed E-state index contributed by atoms with van der Waals surface area (Å²) in [6, 6.07) is 7.35. The van der Waals surface area contributed by atoms with E-state index in [2.05, 4.69) is 23.8 Å². The van der Waals surface area contributed by atoms with Gasteiger partial charge in [0.05, 0.1) is 19.1 Å². The maximum atomic E-state index is 10.6. The van der Waals surface area contributed by atoms with E-state index < -0.39 is 0 Å². The second kappa shape index (κ2) is 15.3. The molecule has 0 aliphatic carbocycles. The molecule has 2 aromatic rings. The fraction of sp³-hybridized carbons (Fsp3) is 0.481. The maximum absolute atomic E-state index is 10.6. The third-order valence-corrected chi connectivity index (χ3v) is 6.45. The van der Waals surface area contributed by atoms with Crippen molar-refractivity contribution in [2.75, 3.05) is 33.1 Å². The van der Waals surface area contributed by atoms with Gasteiger partial charge in [-0.05, 0) is 61.3 Å². The van der Waals surface area contributed by atoms with E-state index in [1.807, 2.05) is 12.1 Å². The first-order chi connectivity index (χ1) is 16.5. The van der Waals surface area contributed by atoms with Gasteiger partial charge in [0.1, 0.15) is 23.0 Å². The fourth-order valence-electron chi connectivity index (χ4n) is 3.30. The summed E-state index contributed by atoms with van der Waals surface area (Å²) in [6.07, 6.45) is 9.24. The highest BCUT2D eigenvalue weighted by Crippen LogP contribution is 2.35. The molecule has 2 rings (SSSR count). The van der Waals surface area contributed by atoms with Gasteiger partial charge in [0.25, 0.3) is 0 Å². The van der Waals surface area contributed by atoms with Gasteiger partial charge < -0.3 is 19.7 Å². The molecule has 34 heavy (non-hydrogen) atoms. The number of methoxy groups -OCH3 is 2. The van der Waals surface area contributed by atoms with Crippen LogP contribution in [0, 0.1) is 0 Å². The Morgan fingerprint density at radius 3 is 1.97 bits per heavy atom. The second-order valence-electron chi connectivity index (χ2n) is 8.02. The average Bonchev–Trinajstić information content (AvgIpc) is 2.85. The molecule has 6 nitrogen and oxygen atoms in total. The molecule has 0 heterocycles. The lowest BCUT2D eigenvalue weighted by atomic mass is 10.0. The lowest BCUT2D eigenvalue weighted by Crippen LogP contribution is -1.95. The van der Waals surface area contributed by atoms with Crippen LogP contribution in [0.5, 0.6) is 23.0 Å². The smallest absolute Gasteiger partial charge is 0.138 e. The summed E-state index contributed by atoms with van der Waals surface area (Å²) in [5.74, 6) is 2.90. The van der Waals surface area contributed by atoms with Crippen LogP contribution in [-0.4, -0.2) is 55.7 Å².